The van der Waals surface area contributed by atoms with Crippen molar-refractivity contribution in [3.63, 3.8) is 0 Å². The number of benzene rings is 2. The number of carbonyl (C=O) groups is 1. The van der Waals surface area contributed by atoms with Gasteiger partial charge in [0.2, 0.25) is 0 Å². The zero-order valence-corrected chi connectivity index (χ0v) is 18.0. The highest BCUT2D eigenvalue weighted by atomic mass is 32.2. The molecule has 0 aliphatic heterocycles. The zero-order chi connectivity index (χ0) is 22.8. The van der Waals surface area contributed by atoms with Crippen LogP contribution in [-0.4, -0.2) is 27.5 Å². The highest BCUT2D eigenvalue weighted by Gasteiger charge is 2.30. The molecule has 5 nitrogen and oxygen atoms in total. The maximum atomic E-state index is 12.8. The van der Waals surface area contributed by atoms with Gasteiger partial charge in [-0.3, -0.25) is 0 Å². The van der Waals surface area contributed by atoms with Gasteiger partial charge in [-0.05, 0) is 68.8 Å². The van der Waals surface area contributed by atoms with Crippen LogP contribution in [0.2, 0.25) is 0 Å². The average Bonchev–Trinajstić information content (AvgIpc) is 2.98. The summed E-state index contributed by atoms with van der Waals surface area (Å²) in [5.41, 5.74) is 3.39. The second-order valence-corrected chi connectivity index (χ2v) is 8.05. The SMILES string of the molecule is Cc1cc(SCc2c(C)nn(-c3ccc(C(F)(F)F)cc3)c2C)ccc1OCC(=O)O. The number of rotatable bonds is 7. The molecular formula is C22H21F3N2O3S. The summed E-state index contributed by atoms with van der Waals surface area (Å²) in [4.78, 5) is 11.6. The van der Waals surface area contributed by atoms with Gasteiger partial charge < -0.3 is 9.84 Å². The van der Waals surface area contributed by atoms with Gasteiger partial charge in [0.25, 0.3) is 0 Å². The van der Waals surface area contributed by atoms with Crippen molar-refractivity contribution < 1.29 is 27.8 Å². The molecule has 0 aliphatic rings. The van der Waals surface area contributed by atoms with Crippen LogP contribution in [0, 0.1) is 20.8 Å². The summed E-state index contributed by atoms with van der Waals surface area (Å²) >= 11 is 1.59. The molecule has 3 aromatic rings. The van der Waals surface area contributed by atoms with E-state index in [0.29, 0.717) is 17.2 Å². The van der Waals surface area contributed by atoms with E-state index in [1.54, 1.807) is 22.5 Å². The Morgan fingerprint density at radius 1 is 1.13 bits per heavy atom. The van der Waals surface area contributed by atoms with Crippen molar-refractivity contribution in [2.24, 2.45) is 0 Å². The summed E-state index contributed by atoms with van der Waals surface area (Å²) in [6, 6.07) is 10.5. The molecule has 164 valence electrons. The van der Waals surface area contributed by atoms with Crippen LogP contribution in [-0.2, 0) is 16.7 Å². The molecule has 1 N–H and O–H groups in total. The minimum Gasteiger partial charge on any atom is -0.482 e. The molecule has 0 saturated carbocycles. The summed E-state index contributed by atoms with van der Waals surface area (Å²) in [5, 5.41) is 13.2. The minimum atomic E-state index is -4.37. The van der Waals surface area contributed by atoms with Crippen LogP contribution in [0.25, 0.3) is 5.69 Å². The van der Waals surface area contributed by atoms with Crippen LogP contribution >= 0.6 is 11.8 Å². The zero-order valence-electron chi connectivity index (χ0n) is 17.2. The number of aromatic nitrogens is 2. The van der Waals surface area contributed by atoms with Crippen molar-refractivity contribution in [1.29, 1.82) is 0 Å². The smallest absolute Gasteiger partial charge is 0.416 e. The largest absolute Gasteiger partial charge is 0.482 e. The minimum absolute atomic E-state index is 0.394. The number of hydrogen-bond acceptors (Lipinski definition) is 4. The Labute approximate surface area is 181 Å². The van der Waals surface area contributed by atoms with Gasteiger partial charge in [0.1, 0.15) is 5.75 Å². The maximum absolute atomic E-state index is 12.8. The van der Waals surface area contributed by atoms with E-state index in [2.05, 4.69) is 5.10 Å². The van der Waals surface area contributed by atoms with Crippen molar-refractivity contribution >= 4 is 17.7 Å². The summed E-state index contributed by atoms with van der Waals surface area (Å²) in [5.74, 6) is 0.121. The predicted octanol–water partition coefficient (Wildman–Crippen LogP) is 5.57. The Bertz CT molecular complexity index is 1090. The third-order valence-corrected chi connectivity index (χ3v) is 5.78. The molecule has 2 aromatic carbocycles. The molecule has 0 fully saturated rings. The van der Waals surface area contributed by atoms with E-state index in [1.165, 1.54) is 12.1 Å². The van der Waals surface area contributed by atoms with Gasteiger partial charge in [-0.2, -0.15) is 18.3 Å². The quantitative estimate of drug-likeness (QED) is 0.477. The van der Waals surface area contributed by atoms with Gasteiger partial charge in [-0.15, -0.1) is 11.8 Å². The molecule has 0 amide bonds. The van der Waals surface area contributed by atoms with Gasteiger partial charge in [0.15, 0.2) is 6.61 Å². The summed E-state index contributed by atoms with van der Waals surface area (Å²) in [6.07, 6.45) is -4.37. The van der Waals surface area contributed by atoms with Crippen LogP contribution in [0.3, 0.4) is 0 Å². The number of thioether (sulfide) groups is 1. The Hall–Kier alpha value is -2.94. The standard InChI is InChI=1S/C22H21F3N2O3S/c1-13-10-18(8-9-20(13)30-11-21(28)29)31-12-19-14(2)26-27(15(19)3)17-6-4-16(5-7-17)22(23,24)25/h4-10H,11-12H2,1-3H3,(H,28,29). The lowest BCUT2D eigenvalue weighted by molar-refractivity contribution is -0.139. The van der Waals surface area contributed by atoms with Gasteiger partial charge >= 0.3 is 12.1 Å². The normalized spacial score (nSPS) is 11.5. The van der Waals surface area contributed by atoms with Crippen molar-refractivity contribution in [3.05, 3.63) is 70.5 Å². The fourth-order valence-corrected chi connectivity index (χ4v) is 4.25. The second-order valence-electron chi connectivity index (χ2n) is 7.00. The third kappa shape index (κ3) is 5.41. The highest BCUT2D eigenvalue weighted by Crippen LogP contribution is 2.32. The predicted molar refractivity (Wildman–Crippen MR) is 112 cm³/mol. The molecule has 31 heavy (non-hydrogen) atoms. The lowest BCUT2D eigenvalue weighted by Gasteiger charge is -2.10. The average molecular weight is 450 g/mol. The number of carboxylic acids is 1. The molecule has 0 radical (unpaired) electrons. The van der Waals surface area contributed by atoms with E-state index in [0.717, 1.165) is 39.5 Å². The molecule has 3 rings (SSSR count). The molecule has 9 heteroatoms. The van der Waals surface area contributed by atoms with Crippen LogP contribution in [0.15, 0.2) is 47.4 Å². The summed E-state index contributed by atoms with van der Waals surface area (Å²) in [6.45, 7) is 5.22. The highest BCUT2D eigenvalue weighted by molar-refractivity contribution is 7.98. The molecule has 0 saturated heterocycles. The molecule has 0 unspecified atom stereocenters. The number of halogens is 3. The topological polar surface area (TPSA) is 64.4 Å². The van der Waals surface area contributed by atoms with Crippen molar-refractivity contribution in [2.45, 2.75) is 37.6 Å². The number of carboxylic acid groups (broad SMARTS) is 1. The lowest BCUT2D eigenvalue weighted by atomic mass is 10.2. The molecule has 1 heterocycles. The first-order valence-corrected chi connectivity index (χ1v) is 10.4. The van der Waals surface area contributed by atoms with Crippen molar-refractivity contribution in [1.82, 2.24) is 9.78 Å². The van der Waals surface area contributed by atoms with Crippen molar-refractivity contribution in [2.75, 3.05) is 6.61 Å². The first kappa shape index (κ1) is 22.7. The second kappa shape index (κ2) is 9.05. The monoisotopic (exact) mass is 450 g/mol. The van der Waals surface area contributed by atoms with E-state index >= 15 is 0 Å². The summed E-state index contributed by atoms with van der Waals surface area (Å²) in [7, 11) is 0. The molecule has 1 aromatic heterocycles. The number of ether oxygens (including phenoxy) is 1. The number of hydrogen-bond donors (Lipinski definition) is 1. The number of aliphatic carboxylic acids is 1. The molecule has 0 aliphatic carbocycles. The van der Waals surface area contributed by atoms with Crippen LogP contribution in [0.1, 0.15) is 28.1 Å². The first-order valence-electron chi connectivity index (χ1n) is 9.37. The van der Waals surface area contributed by atoms with Gasteiger partial charge in [-0.1, -0.05) is 0 Å². The van der Waals surface area contributed by atoms with E-state index in [9.17, 15) is 18.0 Å². The number of alkyl halides is 3. The fourth-order valence-electron chi connectivity index (χ4n) is 3.10. The van der Waals surface area contributed by atoms with Crippen LogP contribution in [0.5, 0.6) is 5.75 Å². The van der Waals surface area contributed by atoms with Crippen LogP contribution < -0.4 is 4.74 Å². The van der Waals surface area contributed by atoms with E-state index < -0.39 is 24.3 Å². The van der Waals surface area contributed by atoms with Crippen LogP contribution in [0.4, 0.5) is 13.2 Å². The molecule has 0 bridgehead atoms. The van der Waals surface area contributed by atoms with E-state index in [4.69, 9.17) is 9.84 Å². The van der Waals surface area contributed by atoms with Gasteiger partial charge in [-0.25, -0.2) is 9.48 Å². The Morgan fingerprint density at radius 2 is 1.81 bits per heavy atom. The van der Waals surface area contributed by atoms with E-state index in [1.807, 2.05) is 32.9 Å². The maximum Gasteiger partial charge on any atom is 0.416 e. The van der Waals surface area contributed by atoms with E-state index in [-0.39, 0.29) is 0 Å². The first-order chi connectivity index (χ1) is 14.6. The fraction of sp³-hybridized carbons (Fsp3) is 0.273. The van der Waals surface area contributed by atoms with Gasteiger partial charge in [0.05, 0.1) is 16.9 Å². The third-order valence-electron chi connectivity index (χ3n) is 4.76. The Kier molecular flexibility index (Phi) is 6.64. The summed E-state index contributed by atoms with van der Waals surface area (Å²) < 4.78 is 45.3. The molecular weight excluding hydrogens is 429 g/mol. The number of aryl methyl sites for hydroxylation is 2. The lowest BCUT2D eigenvalue weighted by Crippen LogP contribution is -2.09. The Morgan fingerprint density at radius 3 is 2.39 bits per heavy atom. The Balaban J connectivity index is 1.74. The molecule has 0 spiro atoms. The molecule has 0 atom stereocenters. The van der Waals surface area contributed by atoms with Crippen molar-refractivity contribution in [3.8, 4) is 11.4 Å². The van der Waals surface area contributed by atoms with Gasteiger partial charge in [0, 0.05) is 21.9 Å². The number of nitrogens with zero attached hydrogens (tertiary/aromatic N) is 2.